The maximum Gasteiger partial charge on any atom is 0.230 e. The number of aromatic nitrogens is 4. The summed E-state index contributed by atoms with van der Waals surface area (Å²) < 4.78 is 1.74. The molecule has 0 unspecified atom stereocenters. The Kier molecular flexibility index (Phi) is 6.25. The van der Waals surface area contributed by atoms with Crippen LogP contribution in [0.5, 0.6) is 0 Å². The zero-order chi connectivity index (χ0) is 14.2. The lowest BCUT2D eigenvalue weighted by Gasteiger charge is -2.06. The van der Waals surface area contributed by atoms with Gasteiger partial charge in [-0.25, -0.2) is 4.68 Å². The van der Waals surface area contributed by atoms with Gasteiger partial charge in [0.05, 0.1) is 12.3 Å². The Morgan fingerprint density at radius 3 is 3.05 bits per heavy atom. The van der Waals surface area contributed by atoms with Crippen molar-refractivity contribution in [1.29, 1.82) is 0 Å². The first-order chi connectivity index (χ1) is 9.79. The number of carbonyl (C=O) groups excluding carboxylic acids is 1. The summed E-state index contributed by atoms with van der Waals surface area (Å²) in [5.41, 5.74) is 0. The molecule has 1 aromatic rings. The van der Waals surface area contributed by atoms with Gasteiger partial charge in [-0.2, -0.15) is 0 Å². The van der Waals surface area contributed by atoms with Crippen LogP contribution in [-0.4, -0.2) is 51.5 Å². The molecule has 2 N–H and O–H groups in total. The zero-order valence-electron chi connectivity index (χ0n) is 11.8. The second-order valence-corrected chi connectivity index (χ2v) is 5.91. The number of nitrogens with one attached hydrogen (secondary N) is 2. The predicted octanol–water partition coefficient (Wildman–Crippen LogP) is 0.291. The van der Waals surface area contributed by atoms with Crippen molar-refractivity contribution < 1.29 is 4.79 Å². The fourth-order valence-electron chi connectivity index (χ4n) is 1.69. The summed E-state index contributed by atoms with van der Waals surface area (Å²) in [6.07, 6.45) is 3.60. The molecule has 7 nitrogen and oxygen atoms in total. The number of tetrazole rings is 1. The minimum atomic E-state index is 0.0561. The Morgan fingerprint density at radius 2 is 2.30 bits per heavy atom. The van der Waals surface area contributed by atoms with E-state index < -0.39 is 0 Å². The van der Waals surface area contributed by atoms with Crippen molar-refractivity contribution in [1.82, 2.24) is 30.8 Å². The predicted molar refractivity (Wildman–Crippen MR) is 77.4 cm³/mol. The van der Waals surface area contributed by atoms with Gasteiger partial charge in [0.2, 0.25) is 11.1 Å². The van der Waals surface area contributed by atoms with Crippen LogP contribution < -0.4 is 10.6 Å². The third-order valence-corrected chi connectivity index (χ3v) is 4.00. The standard InChI is InChI=1S/C12H22N6OS/c1-2-5-13-6-7-18-12(15-16-17-18)20-9-11(19)14-8-10-3-4-10/h10,13H,2-9H2,1H3,(H,14,19). The van der Waals surface area contributed by atoms with Crippen molar-refractivity contribution in [3.05, 3.63) is 0 Å². The summed E-state index contributed by atoms with van der Waals surface area (Å²) in [5.74, 6) is 1.13. The summed E-state index contributed by atoms with van der Waals surface area (Å²) in [6, 6.07) is 0. The fourth-order valence-corrected chi connectivity index (χ4v) is 2.42. The second-order valence-electron chi connectivity index (χ2n) is 4.97. The third kappa shape index (κ3) is 5.46. The number of hydrogen-bond acceptors (Lipinski definition) is 6. The lowest BCUT2D eigenvalue weighted by Crippen LogP contribution is -2.27. The van der Waals surface area contributed by atoms with Crippen LogP contribution in [0.15, 0.2) is 5.16 Å². The minimum absolute atomic E-state index is 0.0561. The van der Waals surface area contributed by atoms with E-state index in [-0.39, 0.29) is 5.91 Å². The molecule has 1 aliphatic carbocycles. The maximum absolute atomic E-state index is 11.7. The van der Waals surface area contributed by atoms with Crippen LogP contribution in [0.1, 0.15) is 26.2 Å². The van der Waals surface area contributed by atoms with E-state index in [0.717, 1.165) is 32.6 Å². The van der Waals surface area contributed by atoms with Gasteiger partial charge in [0.25, 0.3) is 0 Å². The fraction of sp³-hybridized carbons (Fsp3) is 0.833. The quantitative estimate of drug-likeness (QED) is 0.477. The first kappa shape index (κ1) is 15.2. The lowest BCUT2D eigenvalue weighted by molar-refractivity contribution is -0.118. The first-order valence-corrected chi connectivity index (χ1v) is 8.14. The monoisotopic (exact) mass is 298 g/mol. The highest BCUT2D eigenvalue weighted by atomic mass is 32.2. The maximum atomic E-state index is 11.7. The van der Waals surface area contributed by atoms with E-state index in [4.69, 9.17) is 0 Å². The minimum Gasteiger partial charge on any atom is -0.355 e. The van der Waals surface area contributed by atoms with E-state index in [0.29, 0.717) is 16.8 Å². The average Bonchev–Trinajstić information content (AvgIpc) is 3.18. The Hall–Kier alpha value is -1.15. The van der Waals surface area contributed by atoms with E-state index in [9.17, 15) is 4.79 Å². The van der Waals surface area contributed by atoms with Gasteiger partial charge >= 0.3 is 0 Å². The van der Waals surface area contributed by atoms with Crippen LogP contribution in [-0.2, 0) is 11.3 Å². The molecular formula is C12H22N6OS. The van der Waals surface area contributed by atoms with E-state index in [1.807, 2.05) is 0 Å². The normalized spacial score (nSPS) is 14.4. The topological polar surface area (TPSA) is 84.7 Å². The molecule has 1 amide bonds. The van der Waals surface area contributed by atoms with Crippen molar-refractivity contribution in [2.75, 3.05) is 25.4 Å². The van der Waals surface area contributed by atoms with Gasteiger partial charge < -0.3 is 10.6 Å². The first-order valence-electron chi connectivity index (χ1n) is 7.16. The number of nitrogens with zero attached hydrogens (tertiary/aromatic N) is 4. The number of hydrogen-bond donors (Lipinski definition) is 2. The van der Waals surface area contributed by atoms with Crippen LogP contribution in [0.4, 0.5) is 0 Å². The van der Waals surface area contributed by atoms with Crippen LogP contribution in [0.25, 0.3) is 0 Å². The molecule has 0 bridgehead atoms. The molecule has 1 heterocycles. The zero-order valence-corrected chi connectivity index (χ0v) is 12.7. The Labute approximate surface area is 123 Å². The Bertz CT molecular complexity index is 420. The van der Waals surface area contributed by atoms with Gasteiger partial charge in [-0.3, -0.25) is 4.79 Å². The number of carbonyl (C=O) groups is 1. The molecule has 1 aliphatic rings. The molecule has 0 aromatic carbocycles. The molecule has 0 spiro atoms. The summed E-state index contributed by atoms with van der Waals surface area (Å²) in [5, 5.41) is 18.5. The molecule has 8 heteroatoms. The van der Waals surface area contributed by atoms with Crippen molar-refractivity contribution in [3.8, 4) is 0 Å². The van der Waals surface area contributed by atoms with Crippen molar-refractivity contribution in [3.63, 3.8) is 0 Å². The summed E-state index contributed by atoms with van der Waals surface area (Å²) in [6.45, 7) is 5.49. The van der Waals surface area contributed by atoms with Gasteiger partial charge in [0, 0.05) is 13.1 Å². The van der Waals surface area contributed by atoms with Gasteiger partial charge in [0.1, 0.15) is 0 Å². The van der Waals surface area contributed by atoms with Crippen molar-refractivity contribution >= 4 is 17.7 Å². The van der Waals surface area contributed by atoms with E-state index in [1.54, 1.807) is 4.68 Å². The highest BCUT2D eigenvalue weighted by Crippen LogP contribution is 2.27. The third-order valence-electron chi connectivity index (χ3n) is 3.04. The second kappa shape index (κ2) is 8.21. The van der Waals surface area contributed by atoms with E-state index >= 15 is 0 Å². The molecule has 0 atom stereocenters. The molecule has 1 saturated carbocycles. The molecule has 1 aromatic heterocycles. The highest BCUT2D eigenvalue weighted by molar-refractivity contribution is 7.99. The summed E-state index contributed by atoms with van der Waals surface area (Å²) >= 11 is 1.38. The van der Waals surface area contributed by atoms with Crippen molar-refractivity contribution in [2.45, 2.75) is 37.9 Å². The Morgan fingerprint density at radius 1 is 1.45 bits per heavy atom. The SMILES string of the molecule is CCCNCCn1nnnc1SCC(=O)NCC1CC1. The summed E-state index contributed by atoms with van der Waals surface area (Å²) in [4.78, 5) is 11.7. The highest BCUT2D eigenvalue weighted by Gasteiger charge is 2.21. The number of rotatable bonds is 10. The van der Waals surface area contributed by atoms with Crippen LogP contribution in [0.2, 0.25) is 0 Å². The number of amides is 1. The molecular weight excluding hydrogens is 276 g/mol. The summed E-state index contributed by atoms with van der Waals surface area (Å²) in [7, 11) is 0. The van der Waals surface area contributed by atoms with Crippen LogP contribution in [0, 0.1) is 5.92 Å². The molecule has 1 fully saturated rings. The smallest absolute Gasteiger partial charge is 0.230 e. The molecule has 2 rings (SSSR count). The number of thioether (sulfide) groups is 1. The van der Waals surface area contributed by atoms with Gasteiger partial charge in [-0.15, -0.1) is 5.10 Å². The average molecular weight is 298 g/mol. The van der Waals surface area contributed by atoms with Gasteiger partial charge in [-0.1, -0.05) is 18.7 Å². The van der Waals surface area contributed by atoms with Gasteiger partial charge in [0.15, 0.2) is 0 Å². The van der Waals surface area contributed by atoms with Crippen molar-refractivity contribution in [2.24, 2.45) is 5.92 Å². The lowest BCUT2D eigenvalue weighted by atomic mass is 10.4. The Balaban J connectivity index is 1.66. The largest absolute Gasteiger partial charge is 0.355 e. The van der Waals surface area contributed by atoms with E-state index in [2.05, 4.69) is 33.1 Å². The van der Waals surface area contributed by atoms with E-state index in [1.165, 1.54) is 24.6 Å². The van der Waals surface area contributed by atoms with Crippen LogP contribution in [0.3, 0.4) is 0 Å². The molecule has 0 aliphatic heterocycles. The van der Waals surface area contributed by atoms with Gasteiger partial charge in [-0.05, 0) is 42.2 Å². The molecule has 0 saturated heterocycles. The molecule has 0 radical (unpaired) electrons. The van der Waals surface area contributed by atoms with Crippen LogP contribution >= 0.6 is 11.8 Å². The molecule has 20 heavy (non-hydrogen) atoms. The molecule has 112 valence electrons.